The molecule has 5 nitrogen and oxygen atoms in total. The van der Waals surface area contributed by atoms with Crippen molar-refractivity contribution in [3.8, 4) is 5.75 Å². The quantitative estimate of drug-likeness (QED) is 0.749. The molecule has 3 rings (SSSR count). The number of carbonyl (C=O) groups excluding carboxylic acids is 1. The number of nitrogens with zero attached hydrogens (tertiary/aromatic N) is 1. The maximum Gasteiger partial charge on any atom is 0.376 e. The highest BCUT2D eigenvalue weighted by molar-refractivity contribution is 6.30. The van der Waals surface area contributed by atoms with Crippen molar-refractivity contribution < 1.29 is 19.0 Å². The van der Waals surface area contributed by atoms with Crippen LogP contribution in [0.15, 0.2) is 48.5 Å². The monoisotopic (exact) mass is 375 g/mol. The molecule has 0 aromatic heterocycles. The van der Waals surface area contributed by atoms with Gasteiger partial charge < -0.3 is 19.1 Å². The summed E-state index contributed by atoms with van der Waals surface area (Å²) in [5, 5.41) is 0.574. The molecule has 0 fully saturated rings. The molecule has 138 valence electrons. The van der Waals surface area contributed by atoms with E-state index in [4.69, 9.17) is 25.8 Å². The van der Waals surface area contributed by atoms with E-state index in [1.807, 2.05) is 56.3 Å². The molecule has 0 bridgehead atoms. The van der Waals surface area contributed by atoms with Crippen LogP contribution in [0, 0.1) is 0 Å². The maximum absolute atomic E-state index is 12.5. The minimum Gasteiger partial charge on any atom is -0.460 e. The average Bonchev–Trinajstić information content (AvgIpc) is 2.62. The van der Waals surface area contributed by atoms with Crippen molar-refractivity contribution in [3.05, 3.63) is 64.7 Å². The predicted octanol–water partition coefficient (Wildman–Crippen LogP) is 3.44. The highest BCUT2D eigenvalue weighted by Crippen LogP contribution is 2.44. The van der Waals surface area contributed by atoms with Gasteiger partial charge in [-0.25, -0.2) is 4.79 Å². The average molecular weight is 376 g/mol. The van der Waals surface area contributed by atoms with Crippen molar-refractivity contribution in [2.45, 2.75) is 18.8 Å². The van der Waals surface area contributed by atoms with Crippen LogP contribution in [-0.2, 0) is 19.9 Å². The smallest absolute Gasteiger partial charge is 0.376 e. The highest BCUT2D eigenvalue weighted by atomic mass is 35.5. The van der Waals surface area contributed by atoms with Crippen molar-refractivity contribution in [1.82, 2.24) is 4.90 Å². The van der Waals surface area contributed by atoms with E-state index in [0.717, 1.165) is 11.1 Å². The lowest BCUT2D eigenvalue weighted by atomic mass is 9.86. The van der Waals surface area contributed by atoms with E-state index in [0.29, 0.717) is 17.3 Å². The van der Waals surface area contributed by atoms with Gasteiger partial charge in [0.25, 0.3) is 0 Å². The molecule has 0 aliphatic carbocycles. The summed E-state index contributed by atoms with van der Waals surface area (Å²) in [6.45, 7) is 2.80. The van der Waals surface area contributed by atoms with Gasteiger partial charge in [-0.1, -0.05) is 41.9 Å². The van der Waals surface area contributed by atoms with Crippen LogP contribution in [0.25, 0.3) is 0 Å². The first-order valence-corrected chi connectivity index (χ1v) is 8.79. The second-order valence-corrected chi connectivity index (χ2v) is 7.01. The second kappa shape index (κ2) is 7.66. The number of benzene rings is 2. The largest absolute Gasteiger partial charge is 0.460 e. The van der Waals surface area contributed by atoms with E-state index in [1.54, 1.807) is 18.2 Å². The number of halogens is 1. The molecule has 0 amide bonds. The fraction of sp³-hybridized carbons (Fsp3) is 0.350. The van der Waals surface area contributed by atoms with Gasteiger partial charge in [-0.15, -0.1) is 0 Å². The van der Waals surface area contributed by atoms with Crippen LogP contribution in [0.1, 0.15) is 18.1 Å². The lowest BCUT2D eigenvalue weighted by Crippen LogP contribution is -2.45. The van der Waals surface area contributed by atoms with E-state index in [9.17, 15) is 4.79 Å². The maximum atomic E-state index is 12.5. The molecule has 2 aromatic carbocycles. The number of hydrogen-bond donors (Lipinski definition) is 0. The third kappa shape index (κ3) is 3.85. The zero-order valence-electron chi connectivity index (χ0n) is 15.1. The molecular formula is C20H22ClNO4. The van der Waals surface area contributed by atoms with E-state index in [-0.39, 0.29) is 6.61 Å². The first kappa shape index (κ1) is 18.7. The molecule has 0 spiro atoms. The Morgan fingerprint density at radius 1 is 1.23 bits per heavy atom. The summed E-state index contributed by atoms with van der Waals surface area (Å²) in [5.74, 6) is 0.0103. The molecular weight excluding hydrogens is 354 g/mol. The van der Waals surface area contributed by atoms with Gasteiger partial charge in [-0.2, -0.15) is 0 Å². The standard InChI is InChI=1S/C20H22ClNO4/c1-20(14-7-5-4-6-8-14)16-13-15(21)9-10-17(16)25-19(26-20)18(23)24-12-11-22(2)3/h4-10,13,19H,11-12H2,1-3H3. The number of carbonyl (C=O) groups is 1. The van der Waals surface area contributed by atoms with Gasteiger partial charge in [0, 0.05) is 17.1 Å². The summed E-state index contributed by atoms with van der Waals surface area (Å²) >= 11 is 6.18. The molecule has 0 saturated heterocycles. The van der Waals surface area contributed by atoms with Gasteiger partial charge in [0.15, 0.2) is 0 Å². The molecule has 2 atom stereocenters. The van der Waals surface area contributed by atoms with Crippen LogP contribution in [-0.4, -0.2) is 44.4 Å². The normalized spacial score (nSPS) is 21.8. The Labute approximate surface area is 158 Å². The predicted molar refractivity (Wildman–Crippen MR) is 99.4 cm³/mol. The lowest BCUT2D eigenvalue weighted by molar-refractivity contribution is -0.206. The van der Waals surface area contributed by atoms with E-state index < -0.39 is 17.9 Å². The molecule has 1 aliphatic heterocycles. The van der Waals surface area contributed by atoms with Gasteiger partial charge in [-0.3, -0.25) is 0 Å². The summed E-state index contributed by atoms with van der Waals surface area (Å²) in [6.07, 6.45) is -1.14. The first-order chi connectivity index (χ1) is 12.4. The van der Waals surface area contributed by atoms with Crippen LogP contribution in [0.5, 0.6) is 5.75 Å². The van der Waals surface area contributed by atoms with Crippen molar-refractivity contribution >= 4 is 17.6 Å². The van der Waals surface area contributed by atoms with E-state index in [2.05, 4.69) is 0 Å². The molecule has 1 aliphatic rings. The Morgan fingerprint density at radius 3 is 2.65 bits per heavy atom. The number of rotatable bonds is 5. The summed E-state index contributed by atoms with van der Waals surface area (Å²) in [5.41, 5.74) is 0.789. The van der Waals surface area contributed by atoms with Crippen LogP contribution >= 0.6 is 11.6 Å². The number of likely N-dealkylation sites (N-methyl/N-ethyl adjacent to an activating group) is 1. The highest BCUT2D eigenvalue weighted by Gasteiger charge is 2.43. The molecule has 0 saturated carbocycles. The number of fused-ring (bicyclic) bond motifs is 1. The summed E-state index contributed by atoms with van der Waals surface area (Å²) in [4.78, 5) is 14.4. The summed E-state index contributed by atoms with van der Waals surface area (Å²) in [6, 6.07) is 15.0. The Bertz CT molecular complexity index is 781. The van der Waals surface area contributed by atoms with Gasteiger partial charge in [-0.05, 0) is 44.8 Å². The van der Waals surface area contributed by atoms with E-state index >= 15 is 0 Å². The number of esters is 1. The Hall–Kier alpha value is -2.08. The number of ether oxygens (including phenoxy) is 3. The first-order valence-electron chi connectivity index (χ1n) is 8.41. The zero-order valence-corrected chi connectivity index (χ0v) is 15.8. The molecule has 0 radical (unpaired) electrons. The van der Waals surface area contributed by atoms with Crippen LogP contribution in [0.2, 0.25) is 5.02 Å². The molecule has 2 unspecified atom stereocenters. The Balaban J connectivity index is 1.91. The van der Waals surface area contributed by atoms with Crippen LogP contribution in [0.4, 0.5) is 0 Å². The topological polar surface area (TPSA) is 48.0 Å². The molecule has 6 heteroatoms. The van der Waals surface area contributed by atoms with Crippen LogP contribution < -0.4 is 4.74 Å². The molecule has 1 heterocycles. The minimum atomic E-state index is -1.14. The molecule has 0 N–H and O–H groups in total. The van der Waals surface area contributed by atoms with Gasteiger partial charge in [0.05, 0.1) is 0 Å². The fourth-order valence-electron chi connectivity index (χ4n) is 2.87. The summed E-state index contributed by atoms with van der Waals surface area (Å²) in [7, 11) is 3.82. The van der Waals surface area contributed by atoms with Gasteiger partial charge in [0.1, 0.15) is 18.0 Å². The molecule has 2 aromatic rings. The third-order valence-electron chi connectivity index (χ3n) is 4.33. The van der Waals surface area contributed by atoms with Crippen molar-refractivity contribution in [1.29, 1.82) is 0 Å². The fourth-order valence-corrected chi connectivity index (χ4v) is 3.04. The Kier molecular flexibility index (Phi) is 5.51. The third-order valence-corrected chi connectivity index (χ3v) is 4.57. The second-order valence-electron chi connectivity index (χ2n) is 6.58. The SMILES string of the molecule is CN(C)CCOC(=O)C1Oc2ccc(Cl)cc2C(C)(c2ccccc2)O1. The number of hydrogen-bond acceptors (Lipinski definition) is 5. The zero-order chi connectivity index (χ0) is 18.7. The summed E-state index contributed by atoms with van der Waals surface area (Å²) < 4.78 is 17.1. The Morgan fingerprint density at radius 2 is 1.96 bits per heavy atom. The van der Waals surface area contributed by atoms with E-state index in [1.165, 1.54) is 0 Å². The van der Waals surface area contributed by atoms with Crippen molar-refractivity contribution in [3.63, 3.8) is 0 Å². The van der Waals surface area contributed by atoms with Gasteiger partial charge in [0.2, 0.25) is 0 Å². The van der Waals surface area contributed by atoms with Crippen molar-refractivity contribution in [2.75, 3.05) is 27.2 Å². The lowest BCUT2D eigenvalue weighted by Gasteiger charge is -2.39. The minimum absolute atomic E-state index is 0.268. The van der Waals surface area contributed by atoms with Crippen LogP contribution in [0.3, 0.4) is 0 Å². The van der Waals surface area contributed by atoms with Gasteiger partial charge >= 0.3 is 12.3 Å². The molecule has 26 heavy (non-hydrogen) atoms. The van der Waals surface area contributed by atoms with Crippen molar-refractivity contribution in [2.24, 2.45) is 0 Å².